The highest BCUT2D eigenvalue weighted by molar-refractivity contribution is 6.02. The van der Waals surface area contributed by atoms with Crippen molar-refractivity contribution in [1.29, 1.82) is 0 Å². The molecular weight excluding hydrogens is 310 g/mol. The Morgan fingerprint density at radius 1 is 1.24 bits per heavy atom. The van der Waals surface area contributed by atoms with E-state index < -0.39 is 0 Å². The SMILES string of the molecule is C=C1C(C(=O)C(C)C)=C(C)C(C(CC=C(C)C)N=O)C1CCC(C)C. The summed E-state index contributed by atoms with van der Waals surface area (Å²) in [7, 11) is 0. The molecule has 140 valence electrons. The number of hydrogen-bond donors (Lipinski definition) is 0. The minimum absolute atomic E-state index is 0.00273. The first kappa shape index (κ1) is 21.5. The number of ketones is 1. The van der Waals surface area contributed by atoms with Crippen LogP contribution in [0.2, 0.25) is 0 Å². The minimum Gasteiger partial charge on any atom is -0.294 e. The van der Waals surface area contributed by atoms with Crippen LogP contribution < -0.4 is 0 Å². The molecule has 3 heteroatoms. The van der Waals surface area contributed by atoms with Gasteiger partial charge in [0.05, 0.1) is 0 Å². The second-order valence-electron chi connectivity index (χ2n) is 8.40. The summed E-state index contributed by atoms with van der Waals surface area (Å²) < 4.78 is 0. The van der Waals surface area contributed by atoms with Crippen LogP contribution in [0.1, 0.15) is 67.7 Å². The molecule has 0 heterocycles. The van der Waals surface area contributed by atoms with Gasteiger partial charge in [0.1, 0.15) is 6.04 Å². The molecule has 0 aromatic rings. The molecule has 0 fully saturated rings. The van der Waals surface area contributed by atoms with Crippen LogP contribution in [-0.4, -0.2) is 11.8 Å². The molecule has 1 aliphatic rings. The van der Waals surface area contributed by atoms with Gasteiger partial charge >= 0.3 is 0 Å². The third kappa shape index (κ3) is 5.23. The van der Waals surface area contributed by atoms with Gasteiger partial charge in [-0.2, -0.15) is 4.91 Å². The number of carbonyl (C=O) groups is 1. The maximum absolute atomic E-state index is 12.7. The third-order valence-electron chi connectivity index (χ3n) is 5.24. The molecule has 0 aromatic carbocycles. The molecule has 0 amide bonds. The summed E-state index contributed by atoms with van der Waals surface area (Å²) in [6.07, 6.45) is 4.71. The van der Waals surface area contributed by atoms with Crippen molar-refractivity contribution in [2.75, 3.05) is 0 Å². The Kier molecular flexibility index (Phi) is 7.98. The largest absolute Gasteiger partial charge is 0.294 e. The first-order valence-electron chi connectivity index (χ1n) is 9.51. The number of Topliss-reactive ketones (excluding diaryl/α,β-unsaturated/α-hetero) is 1. The molecule has 0 N–H and O–H groups in total. The van der Waals surface area contributed by atoms with Crippen molar-refractivity contribution in [2.24, 2.45) is 28.8 Å². The van der Waals surface area contributed by atoms with Gasteiger partial charge in [0.2, 0.25) is 0 Å². The van der Waals surface area contributed by atoms with E-state index in [-0.39, 0.29) is 29.6 Å². The number of nitrogens with zero attached hydrogens (tertiary/aromatic N) is 1. The molecule has 25 heavy (non-hydrogen) atoms. The van der Waals surface area contributed by atoms with Crippen molar-refractivity contribution in [3.05, 3.63) is 39.9 Å². The summed E-state index contributed by atoms with van der Waals surface area (Å²) in [5.41, 5.74) is 3.90. The third-order valence-corrected chi connectivity index (χ3v) is 5.24. The molecule has 1 aliphatic carbocycles. The summed E-state index contributed by atoms with van der Waals surface area (Å²) >= 11 is 0. The Labute approximate surface area is 153 Å². The summed E-state index contributed by atoms with van der Waals surface area (Å²) in [5, 5.41) is 3.46. The molecule has 0 saturated heterocycles. The zero-order valence-corrected chi connectivity index (χ0v) is 17.1. The number of nitroso groups, excluding NO2 is 1. The zero-order chi connectivity index (χ0) is 19.3. The highest BCUT2D eigenvalue weighted by atomic mass is 16.3. The van der Waals surface area contributed by atoms with E-state index >= 15 is 0 Å². The van der Waals surface area contributed by atoms with Gasteiger partial charge in [0.15, 0.2) is 5.78 Å². The molecule has 1 rings (SSSR count). The first-order valence-corrected chi connectivity index (χ1v) is 9.51. The molecule has 0 radical (unpaired) electrons. The Bertz CT molecular complexity index is 577. The smallest absolute Gasteiger partial charge is 0.165 e. The van der Waals surface area contributed by atoms with Crippen LogP contribution in [0.3, 0.4) is 0 Å². The summed E-state index contributed by atoms with van der Waals surface area (Å²) in [6, 6.07) is -0.332. The van der Waals surface area contributed by atoms with E-state index in [0.717, 1.165) is 29.6 Å². The lowest BCUT2D eigenvalue weighted by Crippen LogP contribution is -2.25. The second-order valence-corrected chi connectivity index (χ2v) is 8.40. The van der Waals surface area contributed by atoms with E-state index in [1.165, 1.54) is 5.57 Å². The lowest BCUT2D eigenvalue weighted by molar-refractivity contribution is -0.118. The average molecular weight is 346 g/mol. The molecule has 0 aliphatic heterocycles. The van der Waals surface area contributed by atoms with Gasteiger partial charge < -0.3 is 0 Å². The van der Waals surface area contributed by atoms with Crippen molar-refractivity contribution in [3.63, 3.8) is 0 Å². The van der Waals surface area contributed by atoms with Gasteiger partial charge in [-0.15, -0.1) is 0 Å². The van der Waals surface area contributed by atoms with E-state index in [2.05, 4.69) is 31.7 Å². The van der Waals surface area contributed by atoms with Gasteiger partial charge in [0.25, 0.3) is 0 Å². The molecule has 3 unspecified atom stereocenters. The summed E-state index contributed by atoms with van der Waals surface area (Å²) in [4.78, 5) is 24.4. The number of allylic oxidation sites excluding steroid dienone is 3. The molecule has 0 bridgehead atoms. The van der Waals surface area contributed by atoms with E-state index in [4.69, 9.17) is 0 Å². The number of hydrogen-bond acceptors (Lipinski definition) is 3. The molecule has 0 spiro atoms. The minimum atomic E-state index is -0.332. The summed E-state index contributed by atoms with van der Waals surface area (Å²) in [6.45, 7) is 18.6. The monoisotopic (exact) mass is 345 g/mol. The van der Waals surface area contributed by atoms with Gasteiger partial charge in [-0.05, 0) is 51.0 Å². The van der Waals surface area contributed by atoms with Crippen LogP contribution >= 0.6 is 0 Å². The van der Waals surface area contributed by atoms with Crippen LogP contribution in [-0.2, 0) is 4.79 Å². The van der Waals surface area contributed by atoms with Crippen LogP contribution in [0.25, 0.3) is 0 Å². The van der Waals surface area contributed by atoms with E-state index in [1.54, 1.807) is 0 Å². The fraction of sp³-hybridized carbons (Fsp3) is 0.682. The fourth-order valence-electron chi connectivity index (χ4n) is 3.80. The Morgan fingerprint density at radius 3 is 2.28 bits per heavy atom. The molecule has 0 aromatic heterocycles. The second kappa shape index (κ2) is 9.26. The molecular formula is C22H35NO2. The quantitative estimate of drug-likeness (QED) is 0.366. The zero-order valence-electron chi connectivity index (χ0n) is 17.1. The van der Waals surface area contributed by atoms with Crippen molar-refractivity contribution >= 4 is 5.78 Å². The summed E-state index contributed by atoms with van der Waals surface area (Å²) in [5.74, 6) is 0.808. The maximum atomic E-state index is 12.7. The van der Waals surface area contributed by atoms with E-state index in [1.807, 2.05) is 34.6 Å². The predicted octanol–water partition coefficient (Wildman–Crippen LogP) is 6.26. The Balaban J connectivity index is 3.27. The number of rotatable bonds is 9. The van der Waals surface area contributed by atoms with Crippen LogP contribution in [0.4, 0.5) is 0 Å². The van der Waals surface area contributed by atoms with Crippen LogP contribution in [0, 0.1) is 28.6 Å². The van der Waals surface area contributed by atoms with E-state index in [0.29, 0.717) is 12.3 Å². The topological polar surface area (TPSA) is 46.5 Å². The lowest BCUT2D eigenvalue weighted by atomic mass is 9.79. The molecule has 3 nitrogen and oxygen atoms in total. The van der Waals surface area contributed by atoms with Crippen LogP contribution in [0.5, 0.6) is 0 Å². The standard InChI is InChI=1S/C22H35NO2/c1-13(2)9-11-18-16(7)20(22(24)15(5)6)17(8)21(18)19(23-25)12-10-14(3)4/h10,13,15,18-19,21H,7,9,11-12H2,1-6,8H3. The van der Waals surface area contributed by atoms with Gasteiger partial charge in [-0.25, -0.2) is 0 Å². The van der Waals surface area contributed by atoms with Crippen molar-refractivity contribution in [1.82, 2.24) is 0 Å². The predicted molar refractivity (Wildman–Crippen MR) is 106 cm³/mol. The average Bonchev–Trinajstić information content (AvgIpc) is 2.76. The molecule has 3 atom stereocenters. The highest BCUT2D eigenvalue weighted by Gasteiger charge is 2.42. The van der Waals surface area contributed by atoms with Gasteiger partial charge in [-0.3, -0.25) is 4.79 Å². The van der Waals surface area contributed by atoms with Crippen LogP contribution in [0.15, 0.2) is 40.1 Å². The van der Waals surface area contributed by atoms with Gasteiger partial charge in [0, 0.05) is 17.4 Å². The molecule has 0 saturated carbocycles. The van der Waals surface area contributed by atoms with Crippen molar-refractivity contribution in [3.8, 4) is 0 Å². The van der Waals surface area contributed by atoms with Crippen molar-refractivity contribution in [2.45, 2.75) is 73.8 Å². The maximum Gasteiger partial charge on any atom is 0.165 e. The van der Waals surface area contributed by atoms with E-state index in [9.17, 15) is 9.70 Å². The Morgan fingerprint density at radius 2 is 1.84 bits per heavy atom. The highest BCUT2D eigenvalue weighted by Crippen LogP contribution is 2.47. The van der Waals surface area contributed by atoms with Crippen molar-refractivity contribution < 1.29 is 4.79 Å². The normalized spacial score (nSPS) is 21.9. The fourth-order valence-corrected chi connectivity index (χ4v) is 3.80. The lowest BCUT2D eigenvalue weighted by Gasteiger charge is -2.26. The Hall–Kier alpha value is -1.51. The first-order chi connectivity index (χ1) is 11.6. The number of carbonyl (C=O) groups excluding carboxylic acids is 1. The van der Waals surface area contributed by atoms with Gasteiger partial charge in [-0.1, -0.05) is 63.1 Å².